The Balaban J connectivity index is 1.66. The van der Waals surface area contributed by atoms with Gasteiger partial charge in [0.2, 0.25) is 0 Å². The summed E-state index contributed by atoms with van der Waals surface area (Å²) in [5.74, 6) is 0.644. The molecule has 92 valence electrons. The molecule has 1 saturated carbocycles. The van der Waals surface area contributed by atoms with Gasteiger partial charge < -0.3 is 14.6 Å². The van der Waals surface area contributed by atoms with Gasteiger partial charge in [0.25, 0.3) is 0 Å². The quantitative estimate of drug-likeness (QED) is 0.812. The van der Waals surface area contributed by atoms with Gasteiger partial charge in [0.15, 0.2) is 5.79 Å². The Morgan fingerprint density at radius 2 is 1.59 bits per heavy atom. The van der Waals surface area contributed by atoms with Crippen LogP contribution in [-0.2, 0) is 9.47 Å². The van der Waals surface area contributed by atoms with Crippen LogP contribution in [0.3, 0.4) is 0 Å². The zero-order valence-corrected chi connectivity index (χ0v) is 9.89. The molecule has 0 unspecified atom stereocenters. The summed E-state index contributed by atoms with van der Waals surface area (Å²) in [5, 5.41) is 9.28. The molecule has 0 aromatic heterocycles. The van der Waals surface area contributed by atoms with Crippen LogP contribution < -0.4 is 0 Å². The second kappa shape index (κ2) is 4.31. The smallest absolute Gasteiger partial charge is 0.168 e. The van der Waals surface area contributed by atoms with Crippen molar-refractivity contribution in [2.45, 2.75) is 37.4 Å². The van der Waals surface area contributed by atoms with Crippen LogP contribution in [0.4, 0.5) is 0 Å². The lowest BCUT2D eigenvalue weighted by Gasteiger charge is -2.35. The van der Waals surface area contributed by atoms with Crippen LogP contribution in [0.5, 0.6) is 5.75 Å². The molecule has 0 amide bonds. The highest BCUT2D eigenvalue weighted by molar-refractivity contribution is 5.28. The van der Waals surface area contributed by atoms with Gasteiger partial charge in [-0.1, -0.05) is 12.1 Å². The zero-order valence-electron chi connectivity index (χ0n) is 9.89. The van der Waals surface area contributed by atoms with Crippen LogP contribution in [-0.4, -0.2) is 24.1 Å². The highest BCUT2D eigenvalue weighted by atomic mass is 16.7. The minimum atomic E-state index is -0.270. The summed E-state index contributed by atoms with van der Waals surface area (Å²) in [4.78, 5) is 0. The second-order valence-electron chi connectivity index (χ2n) is 4.97. The number of hydrogen-bond donors (Lipinski definition) is 1. The van der Waals surface area contributed by atoms with Crippen molar-refractivity contribution in [3.8, 4) is 5.75 Å². The van der Waals surface area contributed by atoms with Gasteiger partial charge in [0, 0.05) is 12.8 Å². The Morgan fingerprint density at radius 3 is 2.18 bits per heavy atom. The van der Waals surface area contributed by atoms with E-state index in [0.717, 1.165) is 38.9 Å². The maximum absolute atomic E-state index is 9.28. The first-order chi connectivity index (χ1) is 8.27. The van der Waals surface area contributed by atoms with Crippen LogP contribution in [0.25, 0.3) is 0 Å². The van der Waals surface area contributed by atoms with Crippen LogP contribution in [0.15, 0.2) is 24.3 Å². The highest BCUT2D eigenvalue weighted by Crippen LogP contribution is 2.42. The first-order valence-electron chi connectivity index (χ1n) is 6.34. The first-order valence-corrected chi connectivity index (χ1v) is 6.34. The number of phenolic OH excluding ortho intramolecular Hbond substituents is 1. The lowest BCUT2D eigenvalue weighted by molar-refractivity contribution is -0.178. The van der Waals surface area contributed by atoms with E-state index in [4.69, 9.17) is 9.47 Å². The molecule has 0 bridgehead atoms. The number of ether oxygens (including phenoxy) is 2. The van der Waals surface area contributed by atoms with Crippen LogP contribution in [0.2, 0.25) is 0 Å². The second-order valence-corrected chi connectivity index (χ2v) is 4.97. The van der Waals surface area contributed by atoms with Crippen LogP contribution >= 0.6 is 0 Å². The summed E-state index contributed by atoms with van der Waals surface area (Å²) in [6.07, 6.45) is 4.17. The van der Waals surface area contributed by atoms with Gasteiger partial charge in [-0.15, -0.1) is 0 Å². The molecule has 1 aliphatic heterocycles. The van der Waals surface area contributed by atoms with Crippen LogP contribution in [0, 0.1) is 0 Å². The lowest BCUT2D eigenvalue weighted by atomic mass is 9.81. The third-order valence-corrected chi connectivity index (χ3v) is 3.93. The molecule has 1 aliphatic carbocycles. The van der Waals surface area contributed by atoms with Crippen LogP contribution in [0.1, 0.15) is 37.2 Å². The van der Waals surface area contributed by atoms with Gasteiger partial charge in [-0.2, -0.15) is 0 Å². The fraction of sp³-hybridized carbons (Fsp3) is 0.571. The molecule has 1 N–H and O–H groups in total. The largest absolute Gasteiger partial charge is 0.508 e. The van der Waals surface area contributed by atoms with Crippen molar-refractivity contribution in [1.82, 2.24) is 0 Å². The van der Waals surface area contributed by atoms with Gasteiger partial charge in [-0.3, -0.25) is 0 Å². The summed E-state index contributed by atoms with van der Waals surface area (Å²) < 4.78 is 11.4. The molecule has 1 saturated heterocycles. The van der Waals surface area contributed by atoms with E-state index in [1.807, 2.05) is 12.1 Å². The molecule has 0 radical (unpaired) electrons. The minimum absolute atomic E-state index is 0.270. The van der Waals surface area contributed by atoms with E-state index < -0.39 is 0 Å². The average Bonchev–Trinajstić information content (AvgIpc) is 2.80. The number of aromatic hydroxyl groups is 1. The van der Waals surface area contributed by atoms with E-state index in [0.29, 0.717) is 11.7 Å². The molecule has 2 fully saturated rings. The minimum Gasteiger partial charge on any atom is -0.508 e. The van der Waals surface area contributed by atoms with Crippen molar-refractivity contribution in [2.24, 2.45) is 0 Å². The van der Waals surface area contributed by atoms with Gasteiger partial charge in [-0.25, -0.2) is 0 Å². The Bertz CT molecular complexity index is 369. The summed E-state index contributed by atoms with van der Waals surface area (Å²) >= 11 is 0. The van der Waals surface area contributed by atoms with Crippen molar-refractivity contribution in [1.29, 1.82) is 0 Å². The molecule has 1 aromatic carbocycles. The Labute approximate surface area is 101 Å². The molecule has 3 rings (SSSR count). The summed E-state index contributed by atoms with van der Waals surface area (Å²) in [6.45, 7) is 1.48. The third kappa shape index (κ3) is 2.17. The molecular formula is C14H18O3. The maximum Gasteiger partial charge on any atom is 0.168 e. The van der Waals surface area contributed by atoms with E-state index in [9.17, 15) is 5.11 Å². The number of benzene rings is 1. The maximum atomic E-state index is 9.28. The Hall–Kier alpha value is -1.06. The first kappa shape index (κ1) is 11.1. The highest BCUT2D eigenvalue weighted by Gasteiger charge is 2.40. The number of rotatable bonds is 1. The molecule has 3 nitrogen and oxygen atoms in total. The van der Waals surface area contributed by atoms with E-state index in [-0.39, 0.29) is 5.79 Å². The SMILES string of the molecule is Oc1ccc(C2CCC3(CC2)OCCO3)cc1. The fourth-order valence-corrected chi connectivity index (χ4v) is 2.92. The van der Waals surface area contributed by atoms with Crippen molar-refractivity contribution in [2.75, 3.05) is 13.2 Å². The normalized spacial score (nSPS) is 24.2. The predicted molar refractivity (Wildman–Crippen MR) is 64.0 cm³/mol. The predicted octanol–water partition coefficient (Wildman–Crippen LogP) is 2.79. The average molecular weight is 234 g/mol. The molecule has 0 atom stereocenters. The molecule has 1 heterocycles. The molecule has 3 heteroatoms. The standard InChI is InChI=1S/C14H18O3/c15-13-3-1-11(2-4-13)12-5-7-14(8-6-12)16-9-10-17-14/h1-4,12,15H,5-10H2. The Morgan fingerprint density at radius 1 is 1.00 bits per heavy atom. The van der Waals surface area contributed by atoms with Gasteiger partial charge in [0.1, 0.15) is 5.75 Å². The van der Waals surface area contributed by atoms with Crippen molar-refractivity contribution in [3.63, 3.8) is 0 Å². The zero-order chi connectivity index (χ0) is 11.7. The molecule has 1 spiro atoms. The Kier molecular flexibility index (Phi) is 2.81. The molecular weight excluding hydrogens is 216 g/mol. The number of hydrogen-bond acceptors (Lipinski definition) is 3. The summed E-state index contributed by atoms with van der Waals surface area (Å²) in [6, 6.07) is 7.58. The van der Waals surface area contributed by atoms with E-state index in [2.05, 4.69) is 0 Å². The third-order valence-electron chi connectivity index (χ3n) is 3.93. The topological polar surface area (TPSA) is 38.7 Å². The van der Waals surface area contributed by atoms with E-state index in [1.54, 1.807) is 12.1 Å². The van der Waals surface area contributed by atoms with Crippen molar-refractivity contribution < 1.29 is 14.6 Å². The van der Waals surface area contributed by atoms with Crippen molar-refractivity contribution in [3.05, 3.63) is 29.8 Å². The lowest BCUT2D eigenvalue weighted by Crippen LogP contribution is -2.34. The van der Waals surface area contributed by atoms with E-state index >= 15 is 0 Å². The van der Waals surface area contributed by atoms with Gasteiger partial charge in [-0.05, 0) is 36.5 Å². The monoisotopic (exact) mass is 234 g/mol. The van der Waals surface area contributed by atoms with Gasteiger partial charge >= 0.3 is 0 Å². The fourth-order valence-electron chi connectivity index (χ4n) is 2.92. The van der Waals surface area contributed by atoms with E-state index in [1.165, 1.54) is 5.56 Å². The summed E-state index contributed by atoms with van der Waals surface area (Å²) in [7, 11) is 0. The molecule has 2 aliphatic rings. The molecule has 17 heavy (non-hydrogen) atoms. The van der Waals surface area contributed by atoms with Crippen molar-refractivity contribution >= 4 is 0 Å². The summed E-state index contributed by atoms with van der Waals surface area (Å²) in [5.41, 5.74) is 1.32. The van der Waals surface area contributed by atoms with Gasteiger partial charge in [0.05, 0.1) is 13.2 Å². The molecule has 1 aromatic rings. The number of phenols is 1.